The SMILES string of the molecule is CC(Oc1ccccc1F)C(=O)N(C)Cc1ccc(OCC(=O)O)cc1. The lowest BCUT2D eigenvalue weighted by Gasteiger charge is -2.22. The Morgan fingerprint density at radius 3 is 2.42 bits per heavy atom. The van der Waals surface area contributed by atoms with Crippen molar-refractivity contribution in [3.8, 4) is 11.5 Å². The Balaban J connectivity index is 1.91. The predicted molar refractivity (Wildman–Crippen MR) is 92.5 cm³/mol. The van der Waals surface area contributed by atoms with Crippen LogP contribution < -0.4 is 9.47 Å². The smallest absolute Gasteiger partial charge is 0.341 e. The summed E-state index contributed by atoms with van der Waals surface area (Å²) in [6.07, 6.45) is -0.838. The molecule has 1 amide bonds. The minimum absolute atomic E-state index is 0.0293. The van der Waals surface area contributed by atoms with Crippen molar-refractivity contribution in [1.29, 1.82) is 0 Å². The van der Waals surface area contributed by atoms with E-state index in [4.69, 9.17) is 14.6 Å². The third kappa shape index (κ3) is 5.47. The molecule has 0 saturated heterocycles. The Kier molecular flexibility index (Phi) is 6.54. The first-order valence-corrected chi connectivity index (χ1v) is 7.96. The zero-order chi connectivity index (χ0) is 19.1. The Morgan fingerprint density at radius 1 is 1.15 bits per heavy atom. The van der Waals surface area contributed by atoms with Crippen LogP contribution in [-0.2, 0) is 16.1 Å². The number of carbonyl (C=O) groups excluding carboxylic acids is 1. The molecule has 0 radical (unpaired) electrons. The van der Waals surface area contributed by atoms with Crippen molar-refractivity contribution in [3.05, 3.63) is 59.9 Å². The highest BCUT2D eigenvalue weighted by Gasteiger charge is 2.20. The van der Waals surface area contributed by atoms with Gasteiger partial charge in [0, 0.05) is 13.6 Å². The van der Waals surface area contributed by atoms with E-state index in [-0.39, 0.29) is 11.7 Å². The third-order valence-corrected chi connectivity index (χ3v) is 3.57. The van der Waals surface area contributed by atoms with Gasteiger partial charge in [0.15, 0.2) is 24.3 Å². The van der Waals surface area contributed by atoms with E-state index in [0.717, 1.165) is 5.56 Å². The maximum atomic E-state index is 13.6. The largest absolute Gasteiger partial charge is 0.482 e. The van der Waals surface area contributed by atoms with Gasteiger partial charge in [0.25, 0.3) is 5.91 Å². The van der Waals surface area contributed by atoms with Crippen molar-refractivity contribution in [1.82, 2.24) is 4.90 Å². The monoisotopic (exact) mass is 361 g/mol. The van der Waals surface area contributed by atoms with E-state index in [9.17, 15) is 14.0 Å². The molecule has 1 N–H and O–H groups in total. The summed E-state index contributed by atoms with van der Waals surface area (Å²) in [4.78, 5) is 24.3. The average molecular weight is 361 g/mol. The molecule has 0 fully saturated rings. The number of carboxylic acids is 1. The molecule has 0 spiro atoms. The molecular formula is C19H20FNO5. The number of benzene rings is 2. The van der Waals surface area contributed by atoms with E-state index < -0.39 is 24.5 Å². The molecule has 1 atom stereocenters. The Hall–Kier alpha value is -3.09. The van der Waals surface area contributed by atoms with Gasteiger partial charge in [-0.3, -0.25) is 4.79 Å². The van der Waals surface area contributed by atoms with Crippen molar-refractivity contribution in [2.75, 3.05) is 13.7 Å². The van der Waals surface area contributed by atoms with Crippen molar-refractivity contribution in [2.45, 2.75) is 19.6 Å². The van der Waals surface area contributed by atoms with Crippen LogP contribution in [0.1, 0.15) is 12.5 Å². The standard InChI is InChI=1S/C19H20FNO5/c1-13(26-17-6-4-3-5-16(17)20)19(24)21(2)11-14-7-9-15(10-8-14)25-12-18(22)23/h3-10,13H,11-12H2,1-2H3,(H,22,23). The number of carbonyl (C=O) groups is 2. The van der Waals surface area contributed by atoms with Gasteiger partial charge in [-0.05, 0) is 36.8 Å². The molecule has 0 heterocycles. The molecule has 1 unspecified atom stereocenters. The van der Waals surface area contributed by atoms with Gasteiger partial charge in [0.1, 0.15) is 5.75 Å². The quantitative estimate of drug-likeness (QED) is 0.782. The topological polar surface area (TPSA) is 76.1 Å². The summed E-state index contributed by atoms with van der Waals surface area (Å²) in [5.41, 5.74) is 0.835. The number of hydrogen-bond acceptors (Lipinski definition) is 4. The maximum Gasteiger partial charge on any atom is 0.341 e. The molecule has 2 aromatic carbocycles. The van der Waals surface area contributed by atoms with E-state index in [2.05, 4.69) is 0 Å². The summed E-state index contributed by atoms with van der Waals surface area (Å²) in [6, 6.07) is 12.7. The highest BCUT2D eigenvalue weighted by molar-refractivity contribution is 5.80. The molecule has 26 heavy (non-hydrogen) atoms. The summed E-state index contributed by atoms with van der Waals surface area (Å²) in [5, 5.41) is 8.58. The number of para-hydroxylation sites is 1. The molecule has 7 heteroatoms. The second-order valence-electron chi connectivity index (χ2n) is 5.71. The van der Waals surface area contributed by atoms with Crippen LogP contribution in [0.15, 0.2) is 48.5 Å². The number of nitrogens with zero attached hydrogens (tertiary/aromatic N) is 1. The van der Waals surface area contributed by atoms with Crippen LogP contribution in [0.3, 0.4) is 0 Å². The summed E-state index contributed by atoms with van der Waals surface area (Å²) >= 11 is 0. The molecule has 2 aromatic rings. The average Bonchev–Trinajstić information content (AvgIpc) is 2.62. The van der Waals surface area contributed by atoms with E-state index in [1.807, 2.05) is 0 Å². The molecule has 0 aliphatic heterocycles. The zero-order valence-electron chi connectivity index (χ0n) is 14.5. The van der Waals surface area contributed by atoms with Gasteiger partial charge in [0.05, 0.1) is 0 Å². The molecule has 138 valence electrons. The number of amides is 1. The molecule has 0 aliphatic rings. The summed E-state index contributed by atoms with van der Waals surface area (Å²) < 4.78 is 24.1. The second-order valence-corrected chi connectivity index (χ2v) is 5.71. The van der Waals surface area contributed by atoms with E-state index in [1.54, 1.807) is 50.4 Å². The van der Waals surface area contributed by atoms with E-state index in [0.29, 0.717) is 12.3 Å². The lowest BCUT2D eigenvalue weighted by molar-refractivity contribution is -0.139. The summed E-state index contributed by atoms with van der Waals surface area (Å²) in [6.45, 7) is 1.47. The van der Waals surface area contributed by atoms with Crippen LogP contribution in [0.2, 0.25) is 0 Å². The van der Waals surface area contributed by atoms with Gasteiger partial charge >= 0.3 is 5.97 Å². The van der Waals surface area contributed by atoms with Gasteiger partial charge < -0.3 is 19.5 Å². The second kappa shape index (κ2) is 8.84. The van der Waals surface area contributed by atoms with Crippen molar-refractivity contribution in [2.24, 2.45) is 0 Å². The van der Waals surface area contributed by atoms with Gasteiger partial charge in [-0.1, -0.05) is 24.3 Å². The van der Waals surface area contributed by atoms with Crippen molar-refractivity contribution >= 4 is 11.9 Å². The molecule has 2 rings (SSSR count). The lowest BCUT2D eigenvalue weighted by atomic mass is 10.2. The van der Waals surface area contributed by atoms with Gasteiger partial charge in [-0.25, -0.2) is 9.18 Å². The van der Waals surface area contributed by atoms with Crippen LogP contribution in [0.4, 0.5) is 4.39 Å². The number of carboxylic acid groups (broad SMARTS) is 1. The first-order chi connectivity index (χ1) is 12.4. The fraction of sp³-hybridized carbons (Fsp3) is 0.263. The van der Waals surface area contributed by atoms with E-state index in [1.165, 1.54) is 17.0 Å². The predicted octanol–water partition coefficient (Wildman–Crippen LogP) is 2.72. The summed E-state index contributed by atoms with van der Waals surface area (Å²) in [5.74, 6) is -1.41. The number of aliphatic carboxylic acids is 1. The Bertz CT molecular complexity index is 763. The van der Waals surface area contributed by atoms with Crippen LogP contribution >= 0.6 is 0 Å². The minimum atomic E-state index is -1.05. The van der Waals surface area contributed by atoms with Crippen molar-refractivity contribution < 1.29 is 28.6 Å². The van der Waals surface area contributed by atoms with Gasteiger partial charge in [0.2, 0.25) is 0 Å². The number of hydrogen-bond donors (Lipinski definition) is 1. The lowest BCUT2D eigenvalue weighted by Crippen LogP contribution is -2.37. The van der Waals surface area contributed by atoms with Crippen LogP contribution in [0, 0.1) is 5.82 Å². The van der Waals surface area contributed by atoms with Crippen LogP contribution in [0.5, 0.6) is 11.5 Å². The highest BCUT2D eigenvalue weighted by atomic mass is 19.1. The van der Waals surface area contributed by atoms with Gasteiger partial charge in [-0.2, -0.15) is 0 Å². The van der Waals surface area contributed by atoms with E-state index >= 15 is 0 Å². The maximum absolute atomic E-state index is 13.6. The highest BCUT2D eigenvalue weighted by Crippen LogP contribution is 2.18. The number of likely N-dealkylation sites (N-methyl/N-ethyl adjacent to an activating group) is 1. The molecule has 0 aliphatic carbocycles. The summed E-state index contributed by atoms with van der Waals surface area (Å²) in [7, 11) is 1.62. The number of rotatable bonds is 8. The Morgan fingerprint density at radius 2 is 1.81 bits per heavy atom. The molecule has 6 nitrogen and oxygen atoms in total. The van der Waals surface area contributed by atoms with Crippen LogP contribution in [0.25, 0.3) is 0 Å². The van der Waals surface area contributed by atoms with Crippen LogP contribution in [-0.4, -0.2) is 41.6 Å². The zero-order valence-corrected chi connectivity index (χ0v) is 14.5. The number of halogens is 1. The molecule has 0 saturated carbocycles. The molecular weight excluding hydrogens is 341 g/mol. The number of ether oxygens (including phenoxy) is 2. The molecule has 0 bridgehead atoms. The molecule has 0 aromatic heterocycles. The fourth-order valence-corrected chi connectivity index (χ4v) is 2.28. The van der Waals surface area contributed by atoms with Gasteiger partial charge in [-0.15, -0.1) is 0 Å². The first kappa shape index (κ1) is 19.2. The first-order valence-electron chi connectivity index (χ1n) is 7.96. The minimum Gasteiger partial charge on any atom is -0.482 e. The Labute approximate surface area is 150 Å². The fourth-order valence-electron chi connectivity index (χ4n) is 2.28. The normalized spacial score (nSPS) is 11.5. The van der Waals surface area contributed by atoms with Crippen molar-refractivity contribution in [3.63, 3.8) is 0 Å². The third-order valence-electron chi connectivity index (χ3n) is 3.57.